The van der Waals surface area contributed by atoms with Gasteiger partial charge in [-0.3, -0.25) is 13.9 Å². The Balaban J connectivity index is 1.42. The first-order valence-electron chi connectivity index (χ1n) is 12.6. The predicted molar refractivity (Wildman–Crippen MR) is 140 cm³/mol. The van der Waals surface area contributed by atoms with E-state index in [1.807, 2.05) is 28.8 Å². The fourth-order valence-corrected chi connectivity index (χ4v) is 5.47. The van der Waals surface area contributed by atoms with Crippen LogP contribution < -0.4 is 11.2 Å². The van der Waals surface area contributed by atoms with E-state index in [-0.39, 0.29) is 17.2 Å². The van der Waals surface area contributed by atoms with Crippen LogP contribution in [-0.4, -0.2) is 39.3 Å². The molecule has 0 saturated heterocycles. The van der Waals surface area contributed by atoms with Gasteiger partial charge in [-0.15, -0.1) is 10.2 Å². The van der Waals surface area contributed by atoms with E-state index in [0.717, 1.165) is 53.8 Å². The van der Waals surface area contributed by atoms with Gasteiger partial charge in [-0.2, -0.15) is 5.21 Å². The van der Waals surface area contributed by atoms with Gasteiger partial charge in [-0.25, -0.2) is 9.78 Å². The van der Waals surface area contributed by atoms with Crippen LogP contribution in [0.1, 0.15) is 49.4 Å². The molecular formula is C27H28N8O2. The van der Waals surface area contributed by atoms with Crippen LogP contribution in [-0.2, 0) is 20.6 Å². The molecule has 5 aromatic rings. The Morgan fingerprint density at radius 2 is 1.65 bits per heavy atom. The average Bonchev–Trinajstić information content (AvgIpc) is 3.61. The first-order valence-corrected chi connectivity index (χ1v) is 12.6. The Hall–Kier alpha value is -4.34. The molecule has 1 saturated carbocycles. The summed E-state index contributed by atoms with van der Waals surface area (Å²) in [6.07, 6.45) is 5.62. The van der Waals surface area contributed by atoms with Gasteiger partial charge in [0.05, 0.1) is 0 Å². The van der Waals surface area contributed by atoms with Gasteiger partial charge < -0.3 is 4.57 Å². The second-order valence-corrected chi connectivity index (χ2v) is 9.75. The Morgan fingerprint density at radius 1 is 0.919 bits per heavy atom. The number of benzene rings is 2. The molecule has 10 nitrogen and oxygen atoms in total. The molecule has 1 N–H and O–H groups in total. The van der Waals surface area contributed by atoms with Gasteiger partial charge in [0.1, 0.15) is 5.82 Å². The molecule has 1 fully saturated rings. The summed E-state index contributed by atoms with van der Waals surface area (Å²) in [5.74, 6) is 1.73. The largest absolute Gasteiger partial charge is 0.332 e. The maximum atomic E-state index is 13.3. The lowest BCUT2D eigenvalue weighted by atomic mass is 9.88. The molecule has 188 valence electrons. The summed E-state index contributed by atoms with van der Waals surface area (Å²) in [6.45, 7) is 0.503. The number of fused-ring (bicyclic) bond motifs is 1. The summed E-state index contributed by atoms with van der Waals surface area (Å²) in [5.41, 5.74) is 4.26. The van der Waals surface area contributed by atoms with Crippen molar-refractivity contribution in [2.24, 2.45) is 14.1 Å². The van der Waals surface area contributed by atoms with E-state index in [0.29, 0.717) is 23.5 Å². The van der Waals surface area contributed by atoms with Crippen molar-refractivity contribution in [1.82, 2.24) is 39.3 Å². The van der Waals surface area contributed by atoms with Gasteiger partial charge in [0.2, 0.25) is 5.82 Å². The molecule has 0 spiro atoms. The zero-order chi connectivity index (χ0) is 25.5. The Kier molecular flexibility index (Phi) is 5.78. The summed E-state index contributed by atoms with van der Waals surface area (Å²) in [7, 11) is 3.21. The molecule has 2 aromatic carbocycles. The molecule has 3 aromatic heterocycles. The van der Waals surface area contributed by atoms with E-state index in [9.17, 15) is 9.59 Å². The molecule has 0 radical (unpaired) electrons. The molecule has 3 heterocycles. The fraction of sp³-hybridized carbons (Fsp3) is 0.333. The van der Waals surface area contributed by atoms with Crippen molar-refractivity contribution in [3.8, 4) is 22.5 Å². The lowest BCUT2D eigenvalue weighted by molar-refractivity contribution is 0.420. The van der Waals surface area contributed by atoms with Crippen LogP contribution in [0.2, 0.25) is 0 Å². The van der Waals surface area contributed by atoms with Crippen LogP contribution in [0.4, 0.5) is 0 Å². The van der Waals surface area contributed by atoms with E-state index in [4.69, 9.17) is 4.98 Å². The Labute approximate surface area is 212 Å². The number of aryl methyl sites for hydroxylation is 1. The van der Waals surface area contributed by atoms with Crippen LogP contribution in [0.5, 0.6) is 0 Å². The fourth-order valence-electron chi connectivity index (χ4n) is 5.47. The zero-order valence-corrected chi connectivity index (χ0v) is 20.9. The van der Waals surface area contributed by atoms with E-state index >= 15 is 0 Å². The highest BCUT2D eigenvalue weighted by atomic mass is 16.2. The minimum atomic E-state index is -0.359. The van der Waals surface area contributed by atoms with Crippen LogP contribution >= 0.6 is 0 Å². The van der Waals surface area contributed by atoms with Crippen molar-refractivity contribution in [3.63, 3.8) is 0 Å². The van der Waals surface area contributed by atoms with Crippen molar-refractivity contribution < 1.29 is 0 Å². The third-order valence-electron chi connectivity index (χ3n) is 7.47. The molecule has 0 amide bonds. The summed E-state index contributed by atoms with van der Waals surface area (Å²) in [6, 6.07) is 16.2. The van der Waals surface area contributed by atoms with Crippen LogP contribution in [0.25, 0.3) is 33.7 Å². The molecule has 10 heteroatoms. The number of nitrogens with zero attached hydrogens (tertiary/aromatic N) is 7. The molecular weight excluding hydrogens is 468 g/mol. The topological polar surface area (TPSA) is 116 Å². The number of nitrogens with one attached hydrogen (secondary N) is 1. The van der Waals surface area contributed by atoms with Gasteiger partial charge in [0.25, 0.3) is 5.56 Å². The molecule has 0 unspecified atom stereocenters. The highest BCUT2D eigenvalue weighted by Gasteiger charge is 2.26. The summed E-state index contributed by atoms with van der Waals surface area (Å²) in [4.78, 5) is 30.8. The smallest absolute Gasteiger partial charge is 0.317 e. The summed E-state index contributed by atoms with van der Waals surface area (Å²) in [5, 5.41) is 14.5. The molecule has 1 aliphatic rings. The van der Waals surface area contributed by atoms with Gasteiger partial charge in [-0.05, 0) is 34.7 Å². The lowest BCUT2D eigenvalue weighted by Gasteiger charge is -2.22. The van der Waals surface area contributed by atoms with E-state index < -0.39 is 0 Å². The van der Waals surface area contributed by atoms with E-state index in [1.54, 1.807) is 7.05 Å². The monoisotopic (exact) mass is 496 g/mol. The Bertz CT molecular complexity index is 1690. The zero-order valence-electron chi connectivity index (χ0n) is 20.9. The minimum absolute atomic E-state index is 0.280. The van der Waals surface area contributed by atoms with Gasteiger partial charge in [-0.1, -0.05) is 67.8 Å². The van der Waals surface area contributed by atoms with Gasteiger partial charge in [0, 0.05) is 32.1 Å². The SMILES string of the molecule is Cn1c(=O)c2c(nc(C3CCCCC3)n2Cc2ccc(-c3ccccc3-c3nn[nH]n3)cc2)n(C)c1=O. The van der Waals surface area contributed by atoms with Crippen molar-refractivity contribution in [1.29, 1.82) is 0 Å². The highest BCUT2D eigenvalue weighted by molar-refractivity contribution is 5.80. The number of H-pyrrole nitrogens is 1. The third kappa shape index (κ3) is 3.98. The van der Waals surface area contributed by atoms with Crippen LogP contribution in [0.3, 0.4) is 0 Å². The quantitative estimate of drug-likeness (QED) is 0.399. The number of hydrogen-bond donors (Lipinski definition) is 1. The number of imidazole rings is 1. The summed E-state index contributed by atoms with van der Waals surface area (Å²) >= 11 is 0. The van der Waals surface area contributed by atoms with Crippen LogP contribution in [0.15, 0.2) is 58.1 Å². The molecule has 0 atom stereocenters. The number of aromatic amines is 1. The van der Waals surface area contributed by atoms with Crippen molar-refractivity contribution in [2.45, 2.75) is 44.6 Å². The minimum Gasteiger partial charge on any atom is -0.317 e. The van der Waals surface area contributed by atoms with E-state index in [1.165, 1.54) is 22.6 Å². The van der Waals surface area contributed by atoms with Crippen molar-refractivity contribution >= 4 is 11.2 Å². The third-order valence-corrected chi connectivity index (χ3v) is 7.47. The predicted octanol–water partition coefficient (Wildman–Crippen LogP) is 3.38. The highest BCUT2D eigenvalue weighted by Crippen LogP contribution is 2.34. The number of rotatable bonds is 5. The molecule has 6 rings (SSSR count). The van der Waals surface area contributed by atoms with Crippen molar-refractivity contribution in [2.75, 3.05) is 0 Å². The average molecular weight is 497 g/mol. The lowest BCUT2D eigenvalue weighted by Crippen LogP contribution is -2.37. The normalized spacial score (nSPS) is 14.4. The maximum absolute atomic E-state index is 13.3. The van der Waals surface area contributed by atoms with Gasteiger partial charge >= 0.3 is 5.69 Å². The summed E-state index contributed by atoms with van der Waals surface area (Å²) < 4.78 is 4.69. The first kappa shape index (κ1) is 23.1. The molecule has 0 aliphatic heterocycles. The maximum Gasteiger partial charge on any atom is 0.332 e. The number of aromatic nitrogens is 8. The van der Waals surface area contributed by atoms with E-state index in [2.05, 4.69) is 44.9 Å². The first-order chi connectivity index (χ1) is 18.0. The number of tetrazole rings is 1. The molecule has 37 heavy (non-hydrogen) atoms. The Morgan fingerprint density at radius 3 is 2.35 bits per heavy atom. The number of hydrogen-bond acceptors (Lipinski definition) is 6. The molecule has 1 aliphatic carbocycles. The van der Waals surface area contributed by atoms with Crippen molar-refractivity contribution in [3.05, 3.63) is 80.8 Å². The second kappa shape index (κ2) is 9.27. The van der Waals surface area contributed by atoms with Gasteiger partial charge in [0.15, 0.2) is 11.2 Å². The van der Waals surface area contributed by atoms with Crippen LogP contribution in [0, 0.1) is 0 Å². The standard InChI is InChI=1S/C27H28N8O2/c1-33-25-22(26(36)34(2)27(33)37)35(24(28-25)19-8-4-3-5-9-19)16-17-12-14-18(15-13-17)20-10-6-7-11-21(20)23-29-31-32-30-23/h6-7,10-15,19H,3-5,8-9,16H2,1-2H3,(H,29,30,31,32). The second-order valence-electron chi connectivity index (χ2n) is 9.75. The molecule has 0 bridgehead atoms.